The highest BCUT2D eigenvalue weighted by Gasteiger charge is 2.15. The van der Waals surface area contributed by atoms with E-state index >= 15 is 0 Å². The lowest BCUT2D eigenvalue weighted by Crippen LogP contribution is -2.36. The van der Waals surface area contributed by atoms with Gasteiger partial charge >= 0.3 is 0 Å². The van der Waals surface area contributed by atoms with Gasteiger partial charge in [0.25, 0.3) is 5.91 Å². The maximum Gasteiger partial charge on any atom is 0.251 e. The van der Waals surface area contributed by atoms with Crippen LogP contribution >= 0.6 is 0 Å². The highest BCUT2D eigenvalue weighted by molar-refractivity contribution is 5.96. The zero-order valence-electron chi connectivity index (χ0n) is 16.1. The maximum atomic E-state index is 12.0. The van der Waals surface area contributed by atoms with E-state index in [-0.39, 0.29) is 24.5 Å². The number of nitrogens with one attached hydrogen (secondary N) is 2. The minimum atomic E-state index is -0.261. The van der Waals surface area contributed by atoms with Crippen LogP contribution in [0.2, 0.25) is 0 Å². The molecule has 0 spiro atoms. The molecule has 2 aromatic rings. The summed E-state index contributed by atoms with van der Waals surface area (Å²) in [5.41, 5.74) is 2.58. The van der Waals surface area contributed by atoms with Crippen LogP contribution in [0.4, 0.5) is 0 Å². The molecule has 1 unspecified atom stereocenters. The molecule has 0 aliphatic carbocycles. The summed E-state index contributed by atoms with van der Waals surface area (Å²) < 4.78 is 11.3. The minimum Gasteiger partial charge on any atom is -0.491 e. The number of rotatable bonds is 8. The van der Waals surface area contributed by atoms with Crippen LogP contribution in [0.5, 0.6) is 5.75 Å². The first-order valence-corrected chi connectivity index (χ1v) is 9.55. The largest absolute Gasteiger partial charge is 0.491 e. The molecule has 1 aliphatic rings. The molecule has 1 atom stereocenters. The minimum absolute atomic E-state index is 0.0602. The van der Waals surface area contributed by atoms with Crippen LogP contribution in [0.15, 0.2) is 48.5 Å². The number of ether oxygens (including phenoxy) is 2. The molecule has 0 radical (unpaired) electrons. The van der Waals surface area contributed by atoms with Gasteiger partial charge in [-0.2, -0.15) is 0 Å². The number of hydrogen-bond donors (Lipinski definition) is 2. The summed E-state index contributed by atoms with van der Waals surface area (Å²) in [6, 6.07) is 14.8. The SMILES string of the molecule is Cc1ccc(C(=O)NCC(=O)NCc2ccc(OCC3CCCO3)cc2)cc1. The third kappa shape index (κ3) is 6.09. The van der Waals surface area contributed by atoms with Crippen molar-refractivity contribution >= 4 is 11.8 Å². The molecule has 2 aromatic carbocycles. The fraction of sp³-hybridized carbons (Fsp3) is 0.364. The Kier molecular flexibility index (Phi) is 7.03. The highest BCUT2D eigenvalue weighted by atomic mass is 16.5. The Labute approximate surface area is 165 Å². The zero-order chi connectivity index (χ0) is 19.8. The molecule has 148 valence electrons. The van der Waals surface area contributed by atoms with Gasteiger partial charge in [-0.1, -0.05) is 29.8 Å². The van der Waals surface area contributed by atoms with Crippen molar-refractivity contribution in [2.45, 2.75) is 32.4 Å². The summed E-state index contributed by atoms with van der Waals surface area (Å²) in [4.78, 5) is 24.0. The first-order chi connectivity index (χ1) is 13.6. The Hall–Kier alpha value is -2.86. The van der Waals surface area contributed by atoms with Gasteiger partial charge in [0.15, 0.2) is 0 Å². The normalized spacial score (nSPS) is 15.8. The molecule has 1 fully saturated rings. The van der Waals surface area contributed by atoms with E-state index in [2.05, 4.69) is 10.6 Å². The van der Waals surface area contributed by atoms with E-state index in [0.717, 1.165) is 36.3 Å². The van der Waals surface area contributed by atoms with Crippen LogP contribution in [-0.4, -0.2) is 37.7 Å². The second kappa shape index (κ2) is 9.90. The fourth-order valence-corrected chi connectivity index (χ4v) is 2.90. The van der Waals surface area contributed by atoms with Gasteiger partial charge in [-0.25, -0.2) is 0 Å². The quantitative estimate of drug-likeness (QED) is 0.736. The van der Waals surface area contributed by atoms with Crippen molar-refractivity contribution in [3.05, 3.63) is 65.2 Å². The molecule has 0 saturated carbocycles. The van der Waals surface area contributed by atoms with E-state index in [1.807, 2.05) is 43.3 Å². The second-order valence-corrected chi connectivity index (χ2v) is 6.92. The molecular weight excluding hydrogens is 356 g/mol. The Balaban J connectivity index is 1.36. The van der Waals surface area contributed by atoms with Crippen LogP contribution < -0.4 is 15.4 Å². The summed E-state index contributed by atoms with van der Waals surface area (Å²) >= 11 is 0. The number of carbonyl (C=O) groups is 2. The number of benzene rings is 2. The molecule has 28 heavy (non-hydrogen) atoms. The van der Waals surface area contributed by atoms with E-state index in [1.54, 1.807) is 12.1 Å². The monoisotopic (exact) mass is 382 g/mol. The zero-order valence-corrected chi connectivity index (χ0v) is 16.1. The highest BCUT2D eigenvalue weighted by Crippen LogP contribution is 2.16. The molecule has 3 rings (SSSR count). The van der Waals surface area contributed by atoms with Crippen molar-refractivity contribution in [3.8, 4) is 5.75 Å². The average molecular weight is 382 g/mol. The second-order valence-electron chi connectivity index (χ2n) is 6.92. The van der Waals surface area contributed by atoms with Crippen LogP contribution in [0.3, 0.4) is 0 Å². The lowest BCUT2D eigenvalue weighted by molar-refractivity contribution is -0.120. The van der Waals surface area contributed by atoms with Gasteiger partial charge in [0.05, 0.1) is 12.6 Å². The maximum absolute atomic E-state index is 12.0. The summed E-state index contributed by atoms with van der Waals surface area (Å²) in [6.45, 7) is 3.67. The van der Waals surface area contributed by atoms with Crippen LogP contribution in [-0.2, 0) is 16.1 Å². The Bertz CT molecular complexity index is 781. The number of carbonyl (C=O) groups excluding carboxylic acids is 2. The van der Waals surface area contributed by atoms with Crippen molar-refractivity contribution in [1.82, 2.24) is 10.6 Å². The smallest absolute Gasteiger partial charge is 0.251 e. The van der Waals surface area contributed by atoms with Gasteiger partial charge in [-0.05, 0) is 49.6 Å². The fourth-order valence-electron chi connectivity index (χ4n) is 2.90. The molecule has 1 aliphatic heterocycles. The summed E-state index contributed by atoms with van der Waals surface area (Å²) in [7, 11) is 0. The first-order valence-electron chi connectivity index (χ1n) is 9.55. The third-order valence-corrected chi connectivity index (χ3v) is 4.60. The van der Waals surface area contributed by atoms with Crippen molar-refractivity contribution in [1.29, 1.82) is 0 Å². The Morgan fingerprint density at radius 2 is 1.82 bits per heavy atom. The van der Waals surface area contributed by atoms with E-state index in [9.17, 15) is 9.59 Å². The molecule has 1 heterocycles. The first kappa shape index (κ1) is 19.9. The molecule has 6 heteroatoms. The number of aryl methyl sites for hydroxylation is 1. The standard InChI is InChI=1S/C22H26N2O4/c1-16-4-8-18(9-5-16)22(26)24-14-21(25)23-13-17-6-10-19(11-7-17)28-15-20-3-2-12-27-20/h4-11,20H,2-3,12-15H2,1H3,(H,23,25)(H,24,26). The van der Waals surface area contributed by atoms with Crippen molar-refractivity contribution < 1.29 is 19.1 Å². The molecule has 0 aromatic heterocycles. The van der Waals surface area contributed by atoms with Crippen molar-refractivity contribution in [2.24, 2.45) is 0 Å². The van der Waals surface area contributed by atoms with Gasteiger partial charge in [-0.15, -0.1) is 0 Å². The lowest BCUT2D eigenvalue weighted by atomic mass is 10.1. The van der Waals surface area contributed by atoms with Crippen LogP contribution in [0, 0.1) is 6.92 Å². The third-order valence-electron chi connectivity index (χ3n) is 4.60. The summed E-state index contributed by atoms with van der Waals surface area (Å²) in [5.74, 6) is 0.290. The molecule has 2 amide bonds. The van der Waals surface area contributed by atoms with E-state index in [0.29, 0.717) is 18.7 Å². The Morgan fingerprint density at radius 1 is 1.07 bits per heavy atom. The molecule has 6 nitrogen and oxygen atoms in total. The molecule has 2 N–H and O–H groups in total. The molecular formula is C22H26N2O4. The van der Waals surface area contributed by atoms with Crippen molar-refractivity contribution in [3.63, 3.8) is 0 Å². The van der Waals surface area contributed by atoms with E-state index < -0.39 is 0 Å². The summed E-state index contributed by atoms with van der Waals surface area (Å²) in [5, 5.41) is 5.42. The van der Waals surface area contributed by atoms with Gasteiger partial charge in [-0.3, -0.25) is 9.59 Å². The van der Waals surface area contributed by atoms with Gasteiger partial charge < -0.3 is 20.1 Å². The average Bonchev–Trinajstić information content (AvgIpc) is 3.24. The molecule has 1 saturated heterocycles. The summed E-state index contributed by atoms with van der Waals surface area (Å²) in [6.07, 6.45) is 2.33. The van der Waals surface area contributed by atoms with Gasteiger partial charge in [0.2, 0.25) is 5.91 Å². The number of amides is 2. The van der Waals surface area contributed by atoms with Gasteiger partial charge in [0.1, 0.15) is 12.4 Å². The van der Waals surface area contributed by atoms with E-state index in [4.69, 9.17) is 9.47 Å². The Morgan fingerprint density at radius 3 is 2.50 bits per heavy atom. The van der Waals surface area contributed by atoms with Crippen LogP contribution in [0.25, 0.3) is 0 Å². The number of hydrogen-bond acceptors (Lipinski definition) is 4. The predicted molar refractivity (Wildman–Crippen MR) is 106 cm³/mol. The van der Waals surface area contributed by atoms with Crippen molar-refractivity contribution in [2.75, 3.05) is 19.8 Å². The van der Waals surface area contributed by atoms with E-state index in [1.165, 1.54) is 0 Å². The molecule has 0 bridgehead atoms. The van der Waals surface area contributed by atoms with Gasteiger partial charge in [0, 0.05) is 18.7 Å². The lowest BCUT2D eigenvalue weighted by Gasteiger charge is -2.12. The predicted octanol–water partition coefficient (Wildman–Crippen LogP) is 2.60. The van der Waals surface area contributed by atoms with Crippen LogP contribution in [0.1, 0.15) is 34.3 Å². The topological polar surface area (TPSA) is 76.7 Å².